The van der Waals surface area contributed by atoms with Crippen molar-refractivity contribution >= 4 is 17.9 Å². The minimum atomic E-state index is -0.792. The van der Waals surface area contributed by atoms with E-state index in [0.717, 1.165) is 128 Å². The molecule has 0 radical (unpaired) electrons. The smallest absolute Gasteiger partial charge is 0.306 e. The van der Waals surface area contributed by atoms with Crippen LogP contribution < -0.4 is 0 Å². The van der Waals surface area contributed by atoms with Gasteiger partial charge in [-0.15, -0.1) is 0 Å². The number of hydrogen-bond donors (Lipinski definition) is 0. The first-order valence-corrected chi connectivity index (χ1v) is 30.2. The Bertz CT molecular complexity index is 1430. The topological polar surface area (TPSA) is 78.9 Å². The number of hydrogen-bond acceptors (Lipinski definition) is 6. The van der Waals surface area contributed by atoms with Crippen molar-refractivity contribution in [3.05, 3.63) is 97.2 Å². The maximum Gasteiger partial charge on any atom is 0.306 e. The number of allylic oxidation sites excluding steroid dienone is 16. The van der Waals surface area contributed by atoms with Gasteiger partial charge in [-0.25, -0.2) is 0 Å². The van der Waals surface area contributed by atoms with Gasteiger partial charge in [-0.2, -0.15) is 0 Å². The Kier molecular flexibility index (Phi) is 56.8. The summed E-state index contributed by atoms with van der Waals surface area (Å²) < 4.78 is 16.9. The standard InChI is InChI=1S/C66H112O6/c1-4-7-10-13-16-19-22-25-27-29-31-32-33-34-35-37-38-41-44-47-50-53-56-59-65(68)71-62-63(61-70-64(67)58-55-52-49-46-43-40-24-21-18-15-12-9-6-3)72-66(69)60-57-54-51-48-45-42-39-36-30-28-26-23-20-17-14-11-8-5-2/h7,10,12,15-16,19,21,24-25,27-28,30-32,34-35,63H,4-6,8-9,11,13-14,17-18,20,22-23,26,29,33,36-62H2,1-3H3/b10-7-,15-12-,19-16-,24-21-,27-25-,30-28-,32-31-,35-34-. The van der Waals surface area contributed by atoms with E-state index < -0.39 is 6.10 Å². The minimum absolute atomic E-state index is 0.0898. The van der Waals surface area contributed by atoms with Crippen molar-refractivity contribution in [3.63, 3.8) is 0 Å². The SMILES string of the molecule is CC/C=C\C/C=C\C/C=C\C/C=C\C/C=C\CCCCCCCCCC(=O)OCC(COC(=O)CCCCCCC/C=C\C/C=C\CCC)OC(=O)CCCCCCCCC/C=C\CCCCCCCCC. The van der Waals surface area contributed by atoms with Gasteiger partial charge in [0.25, 0.3) is 0 Å². The van der Waals surface area contributed by atoms with E-state index in [0.29, 0.717) is 19.3 Å². The second-order valence-electron chi connectivity index (χ2n) is 19.9. The second-order valence-corrected chi connectivity index (χ2v) is 19.9. The average Bonchev–Trinajstić information content (AvgIpc) is 3.38. The van der Waals surface area contributed by atoms with Crippen molar-refractivity contribution in [3.8, 4) is 0 Å². The first-order chi connectivity index (χ1) is 35.5. The number of carbonyl (C=O) groups excluding carboxylic acids is 3. The summed E-state index contributed by atoms with van der Waals surface area (Å²) >= 11 is 0. The second kappa shape index (κ2) is 59.9. The summed E-state index contributed by atoms with van der Waals surface area (Å²) in [6.45, 7) is 6.45. The lowest BCUT2D eigenvalue weighted by molar-refractivity contribution is -0.167. The maximum absolute atomic E-state index is 12.9. The molecule has 0 aromatic carbocycles. The highest BCUT2D eigenvalue weighted by Crippen LogP contribution is 2.15. The average molecular weight is 1000 g/mol. The summed E-state index contributed by atoms with van der Waals surface area (Å²) in [5, 5.41) is 0. The van der Waals surface area contributed by atoms with E-state index in [-0.39, 0.29) is 31.1 Å². The highest BCUT2D eigenvalue weighted by Gasteiger charge is 2.19. The van der Waals surface area contributed by atoms with Crippen LogP contribution in [-0.4, -0.2) is 37.2 Å². The van der Waals surface area contributed by atoms with Crippen LogP contribution in [0.15, 0.2) is 97.2 Å². The van der Waals surface area contributed by atoms with Crippen LogP contribution in [0.5, 0.6) is 0 Å². The molecule has 0 spiro atoms. The van der Waals surface area contributed by atoms with Crippen LogP contribution in [0.1, 0.15) is 284 Å². The quantitative estimate of drug-likeness (QED) is 0.0261. The lowest BCUT2D eigenvalue weighted by atomic mass is 10.1. The molecule has 0 aliphatic heterocycles. The molecule has 6 heteroatoms. The van der Waals surface area contributed by atoms with Crippen molar-refractivity contribution in [2.75, 3.05) is 13.2 Å². The predicted molar refractivity (Wildman–Crippen MR) is 311 cm³/mol. The highest BCUT2D eigenvalue weighted by molar-refractivity contribution is 5.71. The molecule has 1 unspecified atom stereocenters. The summed E-state index contributed by atoms with van der Waals surface area (Å²) in [7, 11) is 0. The molecule has 72 heavy (non-hydrogen) atoms. The summed E-state index contributed by atoms with van der Waals surface area (Å²) in [4.78, 5) is 38.2. The highest BCUT2D eigenvalue weighted by atomic mass is 16.6. The van der Waals surface area contributed by atoms with Crippen LogP contribution in [-0.2, 0) is 28.6 Å². The van der Waals surface area contributed by atoms with Crippen molar-refractivity contribution in [2.45, 2.75) is 290 Å². The summed E-state index contributed by atoms with van der Waals surface area (Å²) in [5.74, 6) is -0.913. The Morgan fingerprint density at radius 2 is 0.569 bits per heavy atom. The van der Waals surface area contributed by atoms with E-state index in [4.69, 9.17) is 14.2 Å². The monoisotopic (exact) mass is 1000 g/mol. The third kappa shape index (κ3) is 57.2. The van der Waals surface area contributed by atoms with Crippen LogP contribution in [0.4, 0.5) is 0 Å². The van der Waals surface area contributed by atoms with Crippen LogP contribution in [0, 0.1) is 0 Å². The minimum Gasteiger partial charge on any atom is -0.462 e. The summed E-state index contributed by atoms with van der Waals surface area (Å²) in [5.41, 5.74) is 0. The van der Waals surface area contributed by atoms with Crippen molar-refractivity contribution < 1.29 is 28.6 Å². The predicted octanol–water partition coefficient (Wildman–Crippen LogP) is 20.5. The fraction of sp³-hybridized carbons (Fsp3) is 0.712. The van der Waals surface area contributed by atoms with E-state index in [1.165, 1.54) is 116 Å². The van der Waals surface area contributed by atoms with Gasteiger partial charge in [-0.1, -0.05) is 246 Å². The van der Waals surface area contributed by atoms with Gasteiger partial charge >= 0.3 is 17.9 Å². The van der Waals surface area contributed by atoms with Crippen LogP contribution in [0.2, 0.25) is 0 Å². The zero-order valence-electron chi connectivity index (χ0n) is 47.2. The van der Waals surface area contributed by atoms with E-state index in [1.54, 1.807) is 0 Å². The normalized spacial score (nSPS) is 12.8. The zero-order valence-corrected chi connectivity index (χ0v) is 47.2. The maximum atomic E-state index is 12.9. The van der Waals surface area contributed by atoms with Gasteiger partial charge in [0.05, 0.1) is 0 Å². The van der Waals surface area contributed by atoms with Crippen LogP contribution >= 0.6 is 0 Å². The van der Waals surface area contributed by atoms with Gasteiger partial charge in [0.2, 0.25) is 0 Å². The zero-order chi connectivity index (χ0) is 52.2. The summed E-state index contributed by atoms with van der Waals surface area (Å²) in [6.07, 6.45) is 79.7. The molecule has 0 bridgehead atoms. The molecule has 0 aromatic heterocycles. The molecule has 0 aliphatic carbocycles. The molecule has 0 saturated carbocycles. The van der Waals surface area contributed by atoms with Crippen molar-refractivity contribution in [2.24, 2.45) is 0 Å². The lowest BCUT2D eigenvalue weighted by Gasteiger charge is -2.18. The number of esters is 3. The molecule has 6 nitrogen and oxygen atoms in total. The van der Waals surface area contributed by atoms with Crippen LogP contribution in [0.25, 0.3) is 0 Å². The van der Waals surface area contributed by atoms with E-state index >= 15 is 0 Å². The Labute approximate surface area is 445 Å². The fourth-order valence-corrected chi connectivity index (χ4v) is 8.27. The third-order valence-corrected chi connectivity index (χ3v) is 12.8. The van der Waals surface area contributed by atoms with Gasteiger partial charge in [-0.3, -0.25) is 14.4 Å². The van der Waals surface area contributed by atoms with Gasteiger partial charge in [0.1, 0.15) is 13.2 Å². The molecule has 1 atom stereocenters. The number of unbranched alkanes of at least 4 members (excludes halogenated alkanes) is 27. The first kappa shape index (κ1) is 68.3. The third-order valence-electron chi connectivity index (χ3n) is 12.8. The van der Waals surface area contributed by atoms with Gasteiger partial charge in [0, 0.05) is 19.3 Å². The molecule has 0 rings (SSSR count). The number of ether oxygens (including phenoxy) is 3. The Morgan fingerprint density at radius 1 is 0.292 bits per heavy atom. The lowest BCUT2D eigenvalue weighted by Crippen LogP contribution is -2.30. The Morgan fingerprint density at radius 3 is 0.917 bits per heavy atom. The Hall–Kier alpha value is -3.67. The number of rotatable bonds is 54. The molecule has 0 N–H and O–H groups in total. The van der Waals surface area contributed by atoms with E-state index in [9.17, 15) is 14.4 Å². The Balaban J connectivity index is 4.38. The van der Waals surface area contributed by atoms with E-state index in [1.807, 2.05) is 0 Å². The van der Waals surface area contributed by atoms with Crippen LogP contribution in [0.3, 0.4) is 0 Å². The molecular formula is C66H112O6. The molecule has 0 aromatic rings. The number of carbonyl (C=O) groups is 3. The van der Waals surface area contributed by atoms with Gasteiger partial charge < -0.3 is 14.2 Å². The molecule has 0 fully saturated rings. The molecule has 0 amide bonds. The van der Waals surface area contributed by atoms with Gasteiger partial charge in [-0.05, 0) is 116 Å². The molecule has 412 valence electrons. The molecule has 0 heterocycles. The van der Waals surface area contributed by atoms with E-state index in [2.05, 4.69) is 118 Å². The first-order valence-electron chi connectivity index (χ1n) is 30.2. The largest absolute Gasteiger partial charge is 0.462 e. The molecule has 0 saturated heterocycles. The van der Waals surface area contributed by atoms with Crippen molar-refractivity contribution in [1.82, 2.24) is 0 Å². The fourth-order valence-electron chi connectivity index (χ4n) is 8.27. The van der Waals surface area contributed by atoms with Gasteiger partial charge in [0.15, 0.2) is 6.10 Å². The summed E-state index contributed by atoms with van der Waals surface area (Å²) in [6, 6.07) is 0. The molecular weight excluding hydrogens is 889 g/mol. The molecule has 0 aliphatic rings. The van der Waals surface area contributed by atoms with Crippen molar-refractivity contribution in [1.29, 1.82) is 0 Å².